The highest BCUT2D eigenvalue weighted by Crippen LogP contribution is 2.32. The molecule has 0 radical (unpaired) electrons. The lowest BCUT2D eigenvalue weighted by Gasteiger charge is -2.11. The number of amides is 1. The van der Waals surface area contributed by atoms with Gasteiger partial charge in [-0.1, -0.05) is 34.8 Å². The first-order valence-corrected chi connectivity index (χ1v) is 4.98. The topological polar surface area (TPSA) is 61.4 Å². The number of carbonyl (C=O) groups is 1. The molecule has 0 heterocycles. The molecule has 0 bridgehead atoms. The van der Waals surface area contributed by atoms with Gasteiger partial charge in [0.25, 0.3) is 5.91 Å². The molecular weight excluding hydrogens is 262 g/mol. The molecule has 7 heteroatoms. The third-order valence-corrected chi connectivity index (χ3v) is 2.29. The zero-order chi connectivity index (χ0) is 11.4. The van der Waals surface area contributed by atoms with Gasteiger partial charge in [-0.05, 0) is 12.1 Å². The largest absolute Gasteiger partial charge is 0.386 e. The van der Waals surface area contributed by atoms with Crippen molar-refractivity contribution >= 4 is 46.4 Å². The number of hydrogen-bond acceptors (Lipinski definition) is 3. The SMILES string of the molecule is O=C(CO)NNc1c(Cl)cc(Cl)cc1Cl. The lowest BCUT2D eigenvalue weighted by atomic mass is 10.3. The Balaban J connectivity index is 2.81. The van der Waals surface area contributed by atoms with Gasteiger partial charge >= 0.3 is 0 Å². The fourth-order valence-electron chi connectivity index (χ4n) is 0.833. The number of hydrazine groups is 1. The van der Waals surface area contributed by atoms with Crippen molar-refractivity contribution in [2.24, 2.45) is 0 Å². The Hall–Kier alpha value is -0.680. The van der Waals surface area contributed by atoms with Gasteiger partial charge in [-0.25, -0.2) is 0 Å². The summed E-state index contributed by atoms with van der Waals surface area (Å²) in [6.45, 7) is -0.629. The molecule has 82 valence electrons. The standard InChI is InChI=1S/C8H7Cl3N2O2/c9-4-1-5(10)8(6(11)2-4)13-12-7(15)3-14/h1-2,13-14H,3H2,(H,12,15). The molecule has 0 aliphatic heterocycles. The molecule has 0 unspecified atom stereocenters. The Morgan fingerprint density at radius 3 is 2.27 bits per heavy atom. The molecule has 4 nitrogen and oxygen atoms in total. The fraction of sp³-hybridized carbons (Fsp3) is 0.125. The Bertz CT molecular complexity index is 361. The first-order chi connectivity index (χ1) is 7.04. The van der Waals surface area contributed by atoms with Crippen LogP contribution in [0, 0.1) is 0 Å². The van der Waals surface area contributed by atoms with Crippen molar-refractivity contribution in [2.75, 3.05) is 12.0 Å². The molecule has 0 aliphatic rings. The maximum atomic E-state index is 10.7. The molecule has 1 amide bonds. The molecule has 0 aliphatic carbocycles. The quantitative estimate of drug-likeness (QED) is 0.736. The number of anilines is 1. The zero-order valence-electron chi connectivity index (χ0n) is 7.35. The minimum atomic E-state index is -0.629. The highest BCUT2D eigenvalue weighted by atomic mass is 35.5. The van der Waals surface area contributed by atoms with E-state index in [1.807, 2.05) is 0 Å². The number of nitrogens with one attached hydrogen (secondary N) is 2. The molecule has 0 atom stereocenters. The summed E-state index contributed by atoms with van der Waals surface area (Å²) in [7, 11) is 0. The number of aliphatic hydroxyl groups excluding tert-OH is 1. The van der Waals surface area contributed by atoms with Crippen LogP contribution in [0.1, 0.15) is 0 Å². The summed E-state index contributed by atoms with van der Waals surface area (Å²) in [5, 5.41) is 9.39. The van der Waals surface area contributed by atoms with E-state index in [1.54, 1.807) is 0 Å². The van der Waals surface area contributed by atoms with E-state index in [1.165, 1.54) is 12.1 Å². The molecule has 1 aromatic rings. The molecule has 0 saturated heterocycles. The Morgan fingerprint density at radius 1 is 1.27 bits per heavy atom. The van der Waals surface area contributed by atoms with E-state index in [0.29, 0.717) is 10.7 Å². The lowest BCUT2D eigenvalue weighted by molar-refractivity contribution is -0.123. The van der Waals surface area contributed by atoms with Crippen LogP contribution in [0.5, 0.6) is 0 Å². The van der Waals surface area contributed by atoms with Crippen molar-refractivity contribution in [3.63, 3.8) is 0 Å². The third-order valence-electron chi connectivity index (χ3n) is 1.48. The summed E-state index contributed by atoms with van der Waals surface area (Å²) < 4.78 is 0. The van der Waals surface area contributed by atoms with Crippen LogP contribution in [0.25, 0.3) is 0 Å². The number of halogens is 3. The van der Waals surface area contributed by atoms with Gasteiger partial charge in [-0.3, -0.25) is 15.6 Å². The molecule has 0 fully saturated rings. The average molecular weight is 270 g/mol. The van der Waals surface area contributed by atoms with Crippen LogP contribution in [0.3, 0.4) is 0 Å². The number of benzene rings is 1. The molecule has 3 N–H and O–H groups in total. The Labute approximate surface area is 101 Å². The zero-order valence-corrected chi connectivity index (χ0v) is 9.62. The van der Waals surface area contributed by atoms with Crippen LogP contribution in [0.4, 0.5) is 5.69 Å². The van der Waals surface area contributed by atoms with Gasteiger partial charge in [0.05, 0.1) is 15.7 Å². The van der Waals surface area contributed by atoms with E-state index >= 15 is 0 Å². The minimum absolute atomic E-state index is 0.269. The highest BCUT2D eigenvalue weighted by molar-refractivity contribution is 6.41. The lowest BCUT2D eigenvalue weighted by Crippen LogP contribution is -2.31. The van der Waals surface area contributed by atoms with Gasteiger partial charge in [0.2, 0.25) is 0 Å². The van der Waals surface area contributed by atoms with Crippen molar-refractivity contribution in [3.05, 3.63) is 27.2 Å². The first-order valence-electron chi connectivity index (χ1n) is 3.85. The van der Waals surface area contributed by atoms with Crippen molar-refractivity contribution in [1.29, 1.82) is 0 Å². The second-order valence-electron chi connectivity index (χ2n) is 2.58. The van der Waals surface area contributed by atoms with Crippen LogP contribution >= 0.6 is 34.8 Å². The number of aliphatic hydroxyl groups is 1. The molecule has 15 heavy (non-hydrogen) atoms. The van der Waals surface area contributed by atoms with E-state index < -0.39 is 12.5 Å². The van der Waals surface area contributed by atoms with Crippen molar-refractivity contribution in [3.8, 4) is 0 Å². The molecular formula is C8H7Cl3N2O2. The second kappa shape index (κ2) is 5.42. The predicted octanol–water partition coefficient (Wildman–Crippen LogP) is 2.08. The summed E-state index contributed by atoms with van der Waals surface area (Å²) in [6.07, 6.45) is 0. The van der Waals surface area contributed by atoms with Crippen molar-refractivity contribution in [1.82, 2.24) is 5.43 Å². The maximum absolute atomic E-state index is 10.7. The second-order valence-corrected chi connectivity index (χ2v) is 3.83. The molecule has 1 rings (SSSR count). The maximum Gasteiger partial charge on any atom is 0.263 e. The molecule has 0 aromatic heterocycles. The van der Waals surface area contributed by atoms with Crippen LogP contribution in [-0.4, -0.2) is 17.6 Å². The summed E-state index contributed by atoms with van der Waals surface area (Å²) in [6, 6.07) is 2.95. The van der Waals surface area contributed by atoms with E-state index in [9.17, 15) is 4.79 Å². The van der Waals surface area contributed by atoms with E-state index in [2.05, 4.69) is 10.9 Å². The number of carbonyl (C=O) groups excluding carboxylic acids is 1. The summed E-state index contributed by atoms with van der Waals surface area (Å²) in [5.41, 5.74) is 5.00. The van der Waals surface area contributed by atoms with E-state index in [-0.39, 0.29) is 10.0 Å². The first kappa shape index (κ1) is 12.4. The highest BCUT2D eigenvalue weighted by Gasteiger charge is 2.08. The predicted molar refractivity (Wildman–Crippen MR) is 60.3 cm³/mol. The summed E-state index contributed by atoms with van der Waals surface area (Å²) >= 11 is 17.3. The Kier molecular flexibility index (Phi) is 4.47. The van der Waals surface area contributed by atoms with E-state index in [0.717, 1.165) is 0 Å². The van der Waals surface area contributed by atoms with E-state index in [4.69, 9.17) is 39.9 Å². The molecule has 1 aromatic carbocycles. The smallest absolute Gasteiger partial charge is 0.263 e. The Morgan fingerprint density at radius 2 is 1.80 bits per heavy atom. The van der Waals surface area contributed by atoms with Gasteiger partial charge < -0.3 is 5.11 Å². The van der Waals surface area contributed by atoms with Crippen LogP contribution in [-0.2, 0) is 4.79 Å². The number of rotatable bonds is 3. The van der Waals surface area contributed by atoms with Gasteiger partial charge in [-0.15, -0.1) is 0 Å². The van der Waals surface area contributed by atoms with Gasteiger partial charge in [0.1, 0.15) is 6.61 Å². The summed E-state index contributed by atoms with van der Waals surface area (Å²) in [5.74, 6) is -0.600. The van der Waals surface area contributed by atoms with Gasteiger partial charge in [-0.2, -0.15) is 0 Å². The van der Waals surface area contributed by atoms with Crippen LogP contribution < -0.4 is 10.9 Å². The third kappa shape index (κ3) is 3.43. The summed E-state index contributed by atoms with van der Waals surface area (Å²) in [4.78, 5) is 10.7. The van der Waals surface area contributed by atoms with Gasteiger partial charge in [0, 0.05) is 5.02 Å². The van der Waals surface area contributed by atoms with Gasteiger partial charge in [0.15, 0.2) is 0 Å². The van der Waals surface area contributed by atoms with Crippen LogP contribution in [0.2, 0.25) is 15.1 Å². The monoisotopic (exact) mass is 268 g/mol. The van der Waals surface area contributed by atoms with Crippen molar-refractivity contribution in [2.45, 2.75) is 0 Å². The van der Waals surface area contributed by atoms with Crippen molar-refractivity contribution < 1.29 is 9.90 Å². The fourth-order valence-corrected chi connectivity index (χ4v) is 1.74. The average Bonchev–Trinajstić information content (AvgIpc) is 2.15. The molecule has 0 spiro atoms. The molecule has 0 saturated carbocycles. The number of hydrogen-bond donors (Lipinski definition) is 3. The van der Waals surface area contributed by atoms with Crippen LogP contribution in [0.15, 0.2) is 12.1 Å². The normalized spacial score (nSPS) is 9.87. The minimum Gasteiger partial charge on any atom is -0.386 e.